The molecule has 3 heteroatoms. The Labute approximate surface area is 131 Å². The molecule has 2 unspecified atom stereocenters. The number of benzene rings is 1. The maximum absolute atomic E-state index is 3.79. The highest BCUT2D eigenvalue weighted by Gasteiger charge is 2.24. The van der Waals surface area contributed by atoms with Crippen molar-refractivity contribution >= 4 is 11.3 Å². The minimum absolute atomic E-state index is 0.463. The Morgan fingerprint density at radius 1 is 1.24 bits per heavy atom. The van der Waals surface area contributed by atoms with E-state index >= 15 is 0 Å². The minimum atomic E-state index is 0.463. The van der Waals surface area contributed by atoms with Crippen molar-refractivity contribution < 1.29 is 0 Å². The summed E-state index contributed by atoms with van der Waals surface area (Å²) in [7, 11) is 0. The van der Waals surface area contributed by atoms with Gasteiger partial charge in [0.25, 0.3) is 0 Å². The van der Waals surface area contributed by atoms with Crippen LogP contribution in [0.2, 0.25) is 0 Å². The first kappa shape index (κ1) is 14.8. The van der Waals surface area contributed by atoms with Crippen molar-refractivity contribution in [1.29, 1.82) is 0 Å². The van der Waals surface area contributed by atoms with Gasteiger partial charge in [0.1, 0.15) is 0 Å². The molecule has 1 aliphatic heterocycles. The van der Waals surface area contributed by atoms with Crippen LogP contribution in [0, 0.1) is 6.92 Å². The van der Waals surface area contributed by atoms with Gasteiger partial charge in [0.2, 0.25) is 0 Å². The molecule has 0 spiro atoms. The summed E-state index contributed by atoms with van der Waals surface area (Å²) in [5.41, 5.74) is 1.42. The molecule has 2 nitrogen and oxygen atoms in total. The van der Waals surface area contributed by atoms with E-state index in [1.54, 1.807) is 0 Å². The summed E-state index contributed by atoms with van der Waals surface area (Å²) in [6, 6.07) is 16.3. The average Bonchev–Trinajstić information content (AvgIpc) is 3.09. The number of nitrogens with one attached hydrogen (secondary N) is 1. The van der Waals surface area contributed by atoms with Crippen LogP contribution in [0.3, 0.4) is 0 Å². The van der Waals surface area contributed by atoms with Gasteiger partial charge in [-0.25, -0.2) is 0 Å². The van der Waals surface area contributed by atoms with Crippen molar-refractivity contribution in [3.05, 3.63) is 57.8 Å². The third-order valence-corrected chi connectivity index (χ3v) is 5.38. The van der Waals surface area contributed by atoms with Crippen molar-refractivity contribution in [3.63, 3.8) is 0 Å². The van der Waals surface area contributed by atoms with E-state index in [1.165, 1.54) is 28.3 Å². The van der Waals surface area contributed by atoms with Gasteiger partial charge in [-0.1, -0.05) is 30.3 Å². The summed E-state index contributed by atoms with van der Waals surface area (Å²) in [6.07, 6.45) is 1.25. The van der Waals surface area contributed by atoms with Crippen LogP contribution in [0.15, 0.2) is 42.5 Å². The zero-order chi connectivity index (χ0) is 14.7. The lowest BCUT2D eigenvalue weighted by atomic mass is 10.2. The molecular weight excluding hydrogens is 276 g/mol. The van der Waals surface area contributed by atoms with E-state index in [9.17, 15) is 0 Å². The average molecular weight is 300 g/mol. The van der Waals surface area contributed by atoms with Crippen LogP contribution in [-0.4, -0.2) is 24.0 Å². The predicted octanol–water partition coefficient (Wildman–Crippen LogP) is 3.98. The third kappa shape index (κ3) is 3.94. The molecule has 2 aromatic rings. The molecular formula is C18H24N2S. The molecule has 0 saturated carbocycles. The summed E-state index contributed by atoms with van der Waals surface area (Å²) in [4.78, 5) is 5.41. The Morgan fingerprint density at radius 2 is 2.05 bits per heavy atom. The summed E-state index contributed by atoms with van der Waals surface area (Å²) in [5.74, 6) is 0. The monoisotopic (exact) mass is 300 g/mol. The summed E-state index contributed by atoms with van der Waals surface area (Å²) in [5, 5.41) is 3.79. The fraction of sp³-hybridized carbons (Fsp3) is 0.444. The molecule has 1 saturated heterocycles. The van der Waals surface area contributed by atoms with Crippen LogP contribution in [0.5, 0.6) is 0 Å². The maximum Gasteiger partial charge on any atom is 0.0388 e. The van der Waals surface area contributed by atoms with Crippen molar-refractivity contribution in [2.45, 2.75) is 38.9 Å². The first-order chi connectivity index (χ1) is 10.2. The molecule has 0 aliphatic carbocycles. The Balaban J connectivity index is 1.50. The van der Waals surface area contributed by atoms with Crippen molar-refractivity contribution in [2.75, 3.05) is 13.1 Å². The van der Waals surface area contributed by atoms with Crippen LogP contribution in [0.25, 0.3) is 0 Å². The standard InChI is InChI=1S/C18H24N2S/c1-14-8-9-18(21-14)15(2)19-17-10-11-20(13-17)12-16-6-4-3-5-7-16/h3-9,15,17,19H,10-13H2,1-2H3. The first-order valence-electron chi connectivity index (χ1n) is 7.79. The Bertz CT molecular complexity index is 564. The molecule has 0 bridgehead atoms. The van der Waals surface area contributed by atoms with Gasteiger partial charge in [0.05, 0.1) is 0 Å². The smallest absolute Gasteiger partial charge is 0.0388 e. The van der Waals surface area contributed by atoms with E-state index in [-0.39, 0.29) is 0 Å². The summed E-state index contributed by atoms with van der Waals surface area (Å²) >= 11 is 1.91. The maximum atomic E-state index is 3.79. The highest BCUT2D eigenvalue weighted by Crippen LogP contribution is 2.24. The number of rotatable bonds is 5. The first-order valence-corrected chi connectivity index (χ1v) is 8.61. The fourth-order valence-electron chi connectivity index (χ4n) is 3.08. The Kier molecular flexibility index (Phi) is 4.73. The van der Waals surface area contributed by atoms with Gasteiger partial charge in [0.15, 0.2) is 0 Å². The molecule has 1 N–H and O–H groups in total. The van der Waals surface area contributed by atoms with Crippen molar-refractivity contribution in [3.8, 4) is 0 Å². The second-order valence-electron chi connectivity index (χ2n) is 6.04. The third-order valence-electron chi connectivity index (χ3n) is 4.20. The number of hydrogen-bond acceptors (Lipinski definition) is 3. The van der Waals surface area contributed by atoms with Crippen molar-refractivity contribution in [2.24, 2.45) is 0 Å². The van der Waals surface area contributed by atoms with Gasteiger partial charge >= 0.3 is 0 Å². The van der Waals surface area contributed by atoms with Gasteiger partial charge in [-0.2, -0.15) is 0 Å². The number of aryl methyl sites for hydroxylation is 1. The van der Waals surface area contributed by atoms with Crippen LogP contribution < -0.4 is 5.32 Å². The van der Waals surface area contributed by atoms with Gasteiger partial charge in [0, 0.05) is 41.5 Å². The predicted molar refractivity (Wildman–Crippen MR) is 90.7 cm³/mol. The van der Waals surface area contributed by atoms with Crippen LogP contribution in [0.4, 0.5) is 0 Å². The highest BCUT2D eigenvalue weighted by atomic mass is 32.1. The van der Waals surface area contributed by atoms with Crippen LogP contribution in [0.1, 0.15) is 34.7 Å². The lowest BCUT2D eigenvalue weighted by Crippen LogP contribution is -2.33. The molecule has 1 aromatic heterocycles. The molecule has 2 atom stereocenters. The quantitative estimate of drug-likeness (QED) is 0.898. The number of nitrogens with zero attached hydrogens (tertiary/aromatic N) is 1. The zero-order valence-electron chi connectivity index (χ0n) is 12.9. The second-order valence-corrected chi connectivity index (χ2v) is 7.36. The van der Waals surface area contributed by atoms with Crippen LogP contribution >= 0.6 is 11.3 Å². The van der Waals surface area contributed by atoms with Gasteiger partial charge in [-0.3, -0.25) is 4.90 Å². The Morgan fingerprint density at radius 3 is 2.76 bits per heavy atom. The molecule has 0 radical (unpaired) electrons. The fourth-order valence-corrected chi connectivity index (χ4v) is 3.96. The lowest BCUT2D eigenvalue weighted by Gasteiger charge is -2.20. The summed E-state index contributed by atoms with van der Waals surface area (Å²) in [6.45, 7) is 7.89. The Hall–Kier alpha value is -1.16. The van der Waals surface area contributed by atoms with E-state index in [1.807, 2.05) is 11.3 Å². The lowest BCUT2D eigenvalue weighted by molar-refractivity contribution is 0.316. The highest BCUT2D eigenvalue weighted by molar-refractivity contribution is 7.12. The molecule has 1 aromatic carbocycles. The van der Waals surface area contributed by atoms with E-state index < -0.39 is 0 Å². The summed E-state index contributed by atoms with van der Waals surface area (Å²) < 4.78 is 0. The molecule has 0 amide bonds. The van der Waals surface area contributed by atoms with Gasteiger partial charge < -0.3 is 5.32 Å². The molecule has 112 valence electrons. The molecule has 2 heterocycles. The molecule has 1 fully saturated rings. The molecule has 3 rings (SSSR count). The second kappa shape index (κ2) is 6.73. The topological polar surface area (TPSA) is 15.3 Å². The van der Waals surface area contributed by atoms with E-state index in [0.717, 1.165) is 13.1 Å². The normalized spacial score (nSPS) is 20.8. The number of thiophene rings is 1. The van der Waals surface area contributed by atoms with E-state index in [4.69, 9.17) is 0 Å². The SMILES string of the molecule is Cc1ccc(C(C)NC2CCN(Cc3ccccc3)C2)s1. The van der Waals surface area contributed by atoms with Gasteiger partial charge in [-0.15, -0.1) is 11.3 Å². The largest absolute Gasteiger partial charge is 0.305 e. The van der Waals surface area contributed by atoms with Crippen LogP contribution in [-0.2, 0) is 6.54 Å². The zero-order valence-corrected chi connectivity index (χ0v) is 13.7. The van der Waals surface area contributed by atoms with Gasteiger partial charge in [-0.05, 0) is 38.0 Å². The van der Waals surface area contributed by atoms with Crippen molar-refractivity contribution in [1.82, 2.24) is 10.2 Å². The molecule has 1 aliphatic rings. The van der Waals surface area contributed by atoms with E-state index in [0.29, 0.717) is 12.1 Å². The minimum Gasteiger partial charge on any atom is -0.305 e. The number of likely N-dealkylation sites (tertiary alicyclic amines) is 1. The van der Waals surface area contributed by atoms with E-state index in [2.05, 4.69) is 66.5 Å². The molecule has 21 heavy (non-hydrogen) atoms. The number of hydrogen-bond donors (Lipinski definition) is 1.